The van der Waals surface area contributed by atoms with Gasteiger partial charge in [0, 0.05) is 6.54 Å². The Morgan fingerprint density at radius 2 is 1.48 bits per heavy atom. The molecule has 2 aliphatic rings. The van der Waals surface area contributed by atoms with E-state index in [1.54, 1.807) is 12.1 Å². The zero-order valence-corrected chi connectivity index (χ0v) is 13.5. The van der Waals surface area contributed by atoms with E-state index >= 15 is 0 Å². The second-order valence-electron chi connectivity index (χ2n) is 6.66. The summed E-state index contributed by atoms with van der Waals surface area (Å²) in [5.41, 5.74) is 1.09. The molecule has 1 nitrogen and oxygen atoms in total. The number of halogens is 1. The zero-order chi connectivity index (χ0) is 14.9. The number of benzene rings is 1. The summed E-state index contributed by atoms with van der Waals surface area (Å²) in [7, 11) is 0. The van der Waals surface area contributed by atoms with Gasteiger partial charge in [0.1, 0.15) is 5.82 Å². The molecule has 3 rings (SSSR count). The summed E-state index contributed by atoms with van der Waals surface area (Å²) in [5.74, 6) is 0.877. The number of likely N-dealkylation sites (tertiary alicyclic amines) is 1. The van der Waals surface area contributed by atoms with E-state index in [1.165, 1.54) is 83.1 Å². The van der Waals surface area contributed by atoms with Gasteiger partial charge < -0.3 is 4.90 Å². The highest BCUT2D eigenvalue weighted by atomic mass is 19.1. The van der Waals surface area contributed by atoms with E-state index in [2.05, 4.69) is 4.90 Å². The smallest absolute Gasteiger partial charge is 0.123 e. The van der Waals surface area contributed by atoms with Gasteiger partial charge in [-0.2, -0.15) is 0 Å². The first-order chi connectivity index (χ1) is 10.2. The Morgan fingerprint density at radius 3 is 2.05 bits per heavy atom. The van der Waals surface area contributed by atoms with Crippen LogP contribution in [0.2, 0.25) is 0 Å². The fraction of sp³-hybridized carbons (Fsp3) is 0.684. The maximum atomic E-state index is 12.1. The minimum Gasteiger partial charge on any atom is -0.303 e. The average Bonchev–Trinajstić information content (AvgIpc) is 2.53. The van der Waals surface area contributed by atoms with Gasteiger partial charge in [-0.25, -0.2) is 4.39 Å². The number of rotatable bonds is 2. The Morgan fingerprint density at radius 1 is 0.905 bits per heavy atom. The third-order valence-electron chi connectivity index (χ3n) is 4.70. The van der Waals surface area contributed by atoms with Crippen molar-refractivity contribution in [1.29, 1.82) is 0 Å². The molecule has 0 unspecified atom stereocenters. The lowest BCUT2D eigenvalue weighted by molar-refractivity contribution is 0.174. The Bertz CT molecular complexity index is 338. The van der Waals surface area contributed by atoms with Gasteiger partial charge in [0.2, 0.25) is 0 Å². The Labute approximate surface area is 129 Å². The van der Waals surface area contributed by atoms with E-state index in [1.807, 2.05) is 6.92 Å². The lowest BCUT2D eigenvalue weighted by Gasteiger charge is -2.32. The van der Waals surface area contributed by atoms with Crippen LogP contribution in [0.5, 0.6) is 0 Å². The van der Waals surface area contributed by atoms with Crippen molar-refractivity contribution in [2.75, 3.05) is 19.6 Å². The van der Waals surface area contributed by atoms with Gasteiger partial charge in [0.15, 0.2) is 0 Å². The molecule has 0 atom stereocenters. The van der Waals surface area contributed by atoms with Gasteiger partial charge in [-0.3, -0.25) is 0 Å². The van der Waals surface area contributed by atoms with Crippen molar-refractivity contribution in [2.24, 2.45) is 5.92 Å². The first-order valence-electron chi connectivity index (χ1n) is 8.68. The lowest BCUT2D eigenvalue weighted by atomic mass is 9.88. The molecule has 0 bridgehead atoms. The number of hydrogen-bond donors (Lipinski definition) is 0. The highest BCUT2D eigenvalue weighted by Crippen LogP contribution is 2.25. The highest BCUT2D eigenvalue weighted by Gasteiger charge is 2.18. The molecule has 0 N–H and O–H groups in total. The predicted molar refractivity (Wildman–Crippen MR) is 88.0 cm³/mol. The van der Waals surface area contributed by atoms with Crippen LogP contribution in [0, 0.1) is 18.7 Å². The van der Waals surface area contributed by atoms with E-state index < -0.39 is 0 Å². The van der Waals surface area contributed by atoms with Crippen molar-refractivity contribution in [3.63, 3.8) is 0 Å². The number of hydrogen-bond acceptors (Lipinski definition) is 1. The third-order valence-corrected chi connectivity index (χ3v) is 4.70. The van der Waals surface area contributed by atoms with Crippen molar-refractivity contribution in [1.82, 2.24) is 4.90 Å². The molecule has 21 heavy (non-hydrogen) atoms. The van der Waals surface area contributed by atoms with Crippen LogP contribution in [-0.4, -0.2) is 24.5 Å². The van der Waals surface area contributed by atoms with Gasteiger partial charge in [-0.05, 0) is 63.7 Å². The Kier molecular flexibility index (Phi) is 7.21. The van der Waals surface area contributed by atoms with Gasteiger partial charge in [-0.15, -0.1) is 0 Å². The molecule has 1 saturated carbocycles. The Hall–Kier alpha value is -0.890. The Balaban J connectivity index is 0.000000173. The highest BCUT2D eigenvalue weighted by molar-refractivity contribution is 5.13. The second kappa shape index (κ2) is 9.19. The second-order valence-corrected chi connectivity index (χ2v) is 6.66. The van der Waals surface area contributed by atoms with E-state index in [9.17, 15) is 4.39 Å². The molecule has 0 amide bonds. The SMILES string of the molecule is C1CCC(CN2CCCCC2)CC1.Cc1ccc(F)cc1. The van der Waals surface area contributed by atoms with Crippen LogP contribution in [0.15, 0.2) is 24.3 Å². The molecule has 1 saturated heterocycles. The minimum absolute atomic E-state index is 0.171. The lowest BCUT2D eigenvalue weighted by Crippen LogP contribution is -2.34. The molecule has 1 aliphatic heterocycles. The molecule has 0 aromatic heterocycles. The monoisotopic (exact) mass is 291 g/mol. The molecule has 1 aliphatic carbocycles. The summed E-state index contributed by atoms with van der Waals surface area (Å²) < 4.78 is 12.1. The topological polar surface area (TPSA) is 3.24 Å². The summed E-state index contributed by atoms with van der Waals surface area (Å²) in [4.78, 5) is 2.71. The number of piperidine rings is 1. The molecule has 118 valence electrons. The summed E-state index contributed by atoms with van der Waals surface area (Å²) in [5, 5.41) is 0. The fourth-order valence-electron chi connectivity index (χ4n) is 3.41. The van der Waals surface area contributed by atoms with Crippen molar-refractivity contribution in [3.05, 3.63) is 35.6 Å². The quantitative estimate of drug-likeness (QED) is 0.725. The van der Waals surface area contributed by atoms with Crippen LogP contribution in [0.25, 0.3) is 0 Å². The van der Waals surface area contributed by atoms with Crippen LogP contribution >= 0.6 is 0 Å². The predicted octanol–water partition coefficient (Wildman–Crippen LogP) is 5.19. The van der Waals surface area contributed by atoms with E-state index in [-0.39, 0.29) is 5.82 Å². The number of aryl methyl sites for hydroxylation is 1. The largest absolute Gasteiger partial charge is 0.303 e. The average molecular weight is 291 g/mol. The summed E-state index contributed by atoms with van der Waals surface area (Å²) >= 11 is 0. The van der Waals surface area contributed by atoms with E-state index in [0.717, 1.165) is 11.5 Å². The van der Waals surface area contributed by atoms with Crippen LogP contribution in [-0.2, 0) is 0 Å². The maximum Gasteiger partial charge on any atom is 0.123 e. The maximum absolute atomic E-state index is 12.1. The first kappa shape index (κ1) is 16.5. The molecule has 0 spiro atoms. The first-order valence-corrected chi connectivity index (χ1v) is 8.68. The molecule has 1 heterocycles. The molecular formula is C19H30FN. The normalized spacial score (nSPS) is 20.7. The molecule has 0 radical (unpaired) electrons. The van der Waals surface area contributed by atoms with Crippen LogP contribution < -0.4 is 0 Å². The van der Waals surface area contributed by atoms with E-state index in [4.69, 9.17) is 0 Å². The standard InChI is InChI=1S/C12H23N.C7H7F/c1-3-7-12(8-4-1)11-13-9-5-2-6-10-13;1-6-2-4-7(8)5-3-6/h12H,1-11H2;2-5H,1H3. The number of nitrogens with zero attached hydrogens (tertiary/aromatic N) is 1. The van der Waals surface area contributed by atoms with Crippen LogP contribution in [0.4, 0.5) is 4.39 Å². The minimum atomic E-state index is -0.171. The van der Waals surface area contributed by atoms with Crippen molar-refractivity contribution < 1.29 is 4.39 Å². The van der Waals surface area contributed by atoms with Gasteiger partial charge in [-0.1, -0.05) is 43.4 Å². The van der Waals surface area contributed by atoms with Gasteiger partial charge in [0.05, 0.1) is 0 Å². The summed E-state index contributed by atoms with van der Waals surface area (Å²) in [6, 6.07) is 6.40. The zero-order valence-electron chi connectivity index (χ0n) is 13.5. The van der Waals surface area contributed by atoms with Crippen LogP contribution in [0.3, 0.4) is 0 Å². The van der Waals surface area contributed by atoms with Crippen molar-refractivity contribution in [2.45, 2.75) is 58.3 Å². The summed E-state index contributed by atoms with van der Waals surface area (Å²) in [6.45, 7) is 6.12. The molecule has 1 aromatic carbocycles. The van der Waals surface area contributed by atoms with Crippen LogP contribution in [0.1, 0.15) is 56.9 Å². The summed E-state index contributed by atoms with van der Waals surface area (Å²) in [6.07, 6.45) is 11.9. The third kappa shape index (κ3) is 6.60. The molecule has 2 heteroatoms. The molecule has 2 fully saturated rings. The molecular weight excluding hydrogens is 261 g/mol. The van der Waals surface area contributed by atoms with Gasteiger partial charge in [0.25, 0.3) is 0 Å². The van der Waals surface area contributed by atoms with Crippen molar-refractivity contribution in [3.8, 4) is 0 Å². The fourth-order valence-corrected chi connectivity index (χ4v) is 3.41. The van der Waals surface area contributed by atoms with E-state index in [0.29, 0.717) is 0 Å². The van der Waals surface area contributed by atoms with Crippen molar-refractivity contribution >= 4 is 0 Å². The molecule has 1 aromatic rings. The van der Waals surface area contributed by atoms with Gasteiger partial charge >= 0.3 is 0 Å².